The Morgan fingerprint density at radius 1 is 1.12 bits per heavy atom. The van der Waals surface area contributed by atoms with Crippen molar-refractivity contribution in [1.29, 1.82) is 0 Å². The van der Waals surface area contributed by atoms with Crippen LogP contribution in [0.2, 0.25) is 0 Å². The predicted octanol–water partition coefficient (Wildman–Crippen LogP) is 4.31. The lowest BCUT2D eigenvalue weighted by Gasteiger charge is -2.26. The standard InChI is InChI=1S/C24H29F3N4O3/c1-2-3-12-29-22(33)17-14-31(16-9-5-4-6-10-16)15-18(20(17)32)23(34)30-21(24(25,26)27)19-11-7-8-13-28-19/h7-8,11,13-16,21H,2-6,9-10,12H2,1H3,(H,29,33)(H,30,34)/t21-/m0/s1. The number of rotatable bonds is 8. The molecule has 0 saturated heterocycles. The normalized spacial score (nSPS) is 15.5. The molecule has 0 aliphatic heterocycles. The van der Waals surface area contributed by atoms with E-state index in [0.29, 0.717) is 13.0 Å². The summed E-state index contributed by atoms with van der Waals surface area (Å²) in [6.07, 6.45) is 5.13. The number of aromatic nitrogens is 2. The minimum Gasteiger partial charge on any atom is -0.352 e. The van der Waals surface area contributed by atoms with E-state index in [1.54, 1.807) is 4.57 Å². The highest BCUT2D eigenvalue weighted by Crippen LogP contribution is 2.32. The van der Waals surface area contributed by atoms with Crippen molar-refractivity contribution in [3.63, 3.8) is 0 Å². The number of halogens is 3. The topological polar surface area (TPSA) is 93.1 Å². The molecule has 0 aromatic carbocycles. The van der Waals surface area contributed by atoms with Crippen LogP contribution in [0.3, 0.4) is 0 Å². The summed E-state index contributed by atoms with van der Waals surface area (Å²) in [7, 11) is 0. The lowest BCUT2D eigenvalue weighted by molar-refractivity contribution is -0.156. The zero-order valence-corrected chi connectivity index (χ0v) is 19.0. The Hall–Kier alpha value is -3.17. The SMILES string of the molecule is CCCCNC(=O)c1cn(C2CCCCC2)cc(C(=O)N[C@@H](c2ccccn2)C(F)(F)F)c1=O. The van der Waals surface area contributed by atoms with E-state index in [-0.39, 0.29) is 11.6 Å². The highest BCUT2D eigenvalue weighted by Gasteiger charge is 2.43. The summed E-state index contributed by atoms with van der Waals surface area (Å²) in [5, 5.41) is 4.56. The average Bonchev–Trinajstić information content (AvgIpc) is 2.83. The smallest absolute Gasteiger partial charge is 0.352 e. The molecule has 184 valence electrons. The van der Waals surface area contributed by atoms with E-state index in [1.165, 1.54) is 30.7 Å². The zero-order valence-electron chi connectivity index (χ0n) is 19.0. The first-order chi connectivity index (χ1) is 16.2. The Kier molecular flexibility index (Phi) is 8.46. The van der Waals surface area contributed by atoms with Gasteiger partial charge in [0.05, 0.1) is 5.69 Å². The molecule has 2 aromatic heterocycles. The largest absolute Gasteiger partial charge is 0.414 e. The predicted molar refractivity (Wildman–Crippen MR) is 121 cm³/mol. The van der Waals surface area contributed by atoms with Crippen molar-refractivity contribution in [2.75, 3.05) is 6.54 Å². The van der Waals surface area contributed by atoms with Crippen LogP contribution in [0.5, 0.6) is 0 Å². The fraction of sp³-hybridized carbons (Fsp3) is 0.500. The number of nitrogens with zero attached hydrogens (tertiary/aromatic N) is 2. The molecule has 2 N–H and O–H groups in total. The summed E-state index contributed by atoms with van der Waals surface area (Å²) in [6, 6.07) is 1.55. The van der Waals surface area contributed by atoms with Gasteiger partial charge in [-0.2, -0.15) is 13.2 Å². The summed E-state index contributed by atoms with van der Waals surface area (Å²) in [6.45, 7) is 2.30. The number of nitrogens with one attached hydrogen (secondary N) is 2. The van der Waals surface area contributed by atoms with Crippen molar-refractivity contribution in [3.05, 3.63) is 63.8 Å². The van der Waals surface area contributed by atoms with Crippen LogP contribution in [0.25, 0.3) is 0 Å². The maximum atomic E-state index is 13.7. The lowest BCUT2D eigenvalue weighted by Crippen LogP contribution is -2.41. The summed E-state index contributed by atoms with van der Waals surface area (Å²) in [5.74, 6) is -1.85. The number of hydrogen-bond donors (Lipinski definition) is 2. The Bertz CT molecular complexity index is 1050. The third-order valence-corrected chi connectivity index (χ3v) is 5.93. The summed E-state index contributed by atoms with van der Waals surface area (Å²) < 4.78 is 42.8. The second-order valence-electron chi connectivity index (χ2n) is 8.47. The Morgan fingerprint density at radius 3 is 2.38 bits per heavy atom. The van der Waals surface area contributed by atoms with E-state index < -0.39 is 40.7 Å². The molecule has 0 bridgehead atoms. The van der Waals surface area contributed by atoms with Gasteiger partial charge in [0.25, 0.3) is 11.8 Å². The summed E-state index contributed by atoms with van der Waals surface area (Å²) >= 11 is 0. The number of carbonyl (C=O) groups is 2. The monoisotopic (exact) mass is 478 g/mol. The van der Waals surface area contributed by atoms with E-state index in [9.17, 15) is 27.6 Å². The molecule has 3 rings (SSSR count). The van der Waals surface area contributed by atoms with Crippen LogP contribution in [-0.2, 0) is 0 Å². The molecule has 0 unspecified atom stereocenters. The molecular weight excluding hydrogens is 449 g/mol. The molecule has 7 nitrogen and oxygen atoms in total. The van der Waals surface area contributed by atoms with Crippen molar-refractivity contribution >= 4 is 11.8 Å². The van der Waals surface area contributed by atoms with Gasteiger partial charge in [0.15, 0.2) is 6.04 Å². The van der Waals surface area contributed by atoms with Gasteiger partial charge in [0.1, 0.15) is 11.1 Å². The molecule has 1 fully saturated rings. The number of hydrogen-bond acceptors (Lipinski definition) is 4. The number of carbonyl (C=O) groups excluding carboxylic acids is 2. The number of unbranched alkanes of at least 4 members (excludes halogenated alkanes) is 1. The Morgan fingerprint density at radius 2 is 1.79 bits per heavy atom. The minimum absolute atomic E-state index is 0.0442. The molecule has 1 aliphatic carbocycles. The highest BCUT2D eigenvalue weighted by molar-refractivity contribution is 5.99. The fourth-order valence-electron chi connectivity index (χ4n) is 4.06. The van der Waals surface area contributed by atoms with Gasteiger partial charge in [0.2, 0.25) is 5.43 Å². The van der Waals surface area contributed by atoms with Crippen molar-refractivity contribution in [2.45, 2.75) is 70.1 Å². The third-order valence-electron chi connectivity index (χ3n) is 5.93. The van der Waals surface area contributed by atoms with Gasteiger partial charge in [0, 0.05) is 31.2 Å². The zero-order chi connectivity index (χ0) is 24.7. The van der Waals surface area contributed by atoms with Gasteiger partial charge in [-0.3, -0.25) is 19.4 Å². The average molecular weight is 479 g/mol. The van der Waals surface area contributed by atoms with Gasteiger partial charge in [-0.25, -0.2) is 0 Å². The van der Waals surface area contributed by atoms with E-state index in [4.69, 9.17) is 0 Å². The minimum atomic E-state index is -4.83. The molecule has 2 aromatic rings. The molecule has 10 heteroatoms. The quantitative estimate of drug-likeness (QED) is 0.553. The van der Waals surface area contributed by atoms with Crippen molar-refractivity contribution < 1.29 is 22.8 Å². The lowest BCUT2D eigenvalue weighted by atomic mass is 9.95. The number of pyridine rings is 2. The van der Waals surface area contributed by atoms with Crippen molar-refractivity contribution in [2.24, 2.45) is 0 Å². The van der Waals surface area contributed by atoms with Gasteiger partial charge in [-0.15, -0.1) is 0 Å². The van der Waals surface area contributed by atoms with Gasteiger partial charge in [-0.05, 0) is 31.4 Å². The molecule has 1 atom stereocenters. The van der Waals surface area contributed by atoms with Gasteiger partial charge < -0.3 is 15.2 Å². The molecule has 2 heterocycles. The molecule has 2 amide bonds. The number of alkyl halides is 3. The maximum absolute atomic E-state index is 13.7. The summed E-state index contributed by atoms with van der Waals surface area (Å²) in [4.78, 5) is 42.5. The Labute approximate surface area is 195 Å². The number of amides is 2. The van der Waals surface area contributed by atoms with Crippen molar-refractivity contribution in [3.8, 4) is 0 Å². The Balaban J connectivity index is 1.99. The first-order valence-electron chi connectivity index (χ1n) is 11.5. The molecule has 0 radical (unpaired) electrons. The van der Waals surface area contributed by atoms with E-state index >= 15 is 0 Å². The van der Waals surface area contributed by atoms with E-state index in [1.807, 2.05) is 12.2 Å². The van der Waals surface area contributed by atoms with Gasteiger partial charge in [-0.1, -0.05) is 38.7 Å². The fourth-order valence-corrected chi connectivity index (χ4v) is 4.06. The molecule has 1 aliphatic rings. The van der Waals surface area contributed by atoms with Crippen LogP contribution in [0.4, 0.5) is 13.2 Å². The van der Waals surface area contributed by atoms with Crippen LogP contribution < -0.4 is 16.1 Å². The van der Waals surface area contributed by atoms with Crippen LogP contribution in [0.1, 0.15) is 90.4 Å². The van der Waals surface area contributed by atoms with Gasteiger partial charge >= 0.3 is 6.18 Å². The highest BCUT2D eigenvalue weighted by atomic mass is 19.4. The maximum Gasteiger partial charge on any atom is 0.414 e. The van der Waals surface area contributed by atoms with Crippen LogP contribution in [0.15, 0.2) is 41.6 Å². The second-order valence-corrected chi connectivity index (χ2v) is 8.47. The van der Waals surface area contributed by atoms with Crippen LogP contribution >= 0.6 is 0 Å². The first-order valence-corrected chi connectivity index (χ1v) is 11.5. The molecule has 1 saturated carbocycles. The van der Waals surface area contributed by atoms with E-state index in [0.717, 1.165) is 44.6 Å². The molecule has 34 heavy (non-hydrogen) atoms. The van der Waals surface area contributed by atoms with E-state index in [2.05, 4.69) is 10.3 Å². The third kappa shape index (κ3) is 6.24. The van der Waals surface area contributed by atoms with Crippen molar-refractivity contribution in [1.82, 2.24) is 20.2 Å². The van der Waals surface area contributed by atoms with Crippen LogP contribution in [-0.4, -0.2) is 34.1 Å². The molecule has 0 spiro atoms. The molecular formula is C24H29F3N4O3. The summed E-state index contributed by atoms with van der Waals surface area (Å²) in [5.41, 5.74) is -2.06. The first kappa shape index (κ1) is 25.5. The second kappa shape index (κ2) is 11.3. The van der Waals surface area contributed by atoms with Crippen LogP contribution in [0, 0.1) is 0 Å².